The van der Waals surface area contributed by atoms with Crippen LogP contribution in [0.25, 0.3) is 0 Å². The largest absolute Gasteiger partial charge is 0.484 e. The van der Waals surface area contributed by atoms with Crippen molar-refractivity contribution >= 4 is 15.9 Å². The van der Waals surface area contributed by atoms with Crippen molar-refractivity contribution in [3.8, 4) is 5.75 Å². The molecule has 0 bridgehead atoms. The highest BCUT2D eigenvalue weighted by Crippen LogP contribution is 2.14. The lowest BCUT2D eigenvalue weighted by Crippen LogP contribution is -2.31. The van der Waals surface area contributed by atoms with Crippen LogP contribution in [0.1, 0.15) is 12.0 Å². The van der Waals surface area contributed by atoms with Gasteiger partial charge in [0.05, 0.1) is 6.26 Å². The van der Waals surface area contributed by atoms with Crippen molar-refractivity contribution in [1.29, 1.82) is 0 Å². The molecule has 24 heavy (non-hydrogen) atoms. The first-order valence-electron chi connectivity index (χ1n) is 7.73. The third kappa shape index (κ3) is 8.28. The number of benzene rings is 1. The molecule has 0 unspecified atom stereocenters. The van der Waals surface area contributed by atoms with E-state index in [1.54, 1.807) is 24.3 Å². The summed E-state index contributed by atoms with van der Waals surface area (Å²) >= 11 is 0. The highest BCUT2D eigenvalue weighted by molar-refractivity contribution is 7.88. The zero-order valence-electron chi connectivity index (χ0n) is 14.8. The van der Waals surface area contributed by atoms with E-state index in [4.69, 9.17) is 4.74 Å². The molecule has 1 rings (SSSR count). The molecule has 0 radical (unpaired) electrons. The van der Waals surface area contributed by atoms with E-state index < -0.39 is 10.0 Å². The summed E-state index contributed by atoms with van der Waals surface area (Å²) in [5.74, 6) is 0.416. The van der Waals surface area contributed by atoms with Gasteiger partial charge < -0.3 is 15.0 Å². The predicted molar refractivity (Wildman–Crippen MR) is 94.4 cm³/mol. The fraction of sp³-hybridized carbons (Fsp3) is 0.562. The quantitative estimate of drug-likeness (QED) is 0.618. The summed E-state index contributed by atoms with van der Waals surface area (Å²) in [6.07, 6.45) is 2.06. The third-order valence-electron chi connectivity index (χ3n) is 3.37. The van der Waals surface area contributed by atoms with E-state index in [2.05, 4.69) is 10.2 Å². The number of carbonyl (C=O) groups excluding carboxylic acids is 1. The first-order chi connectivity index (χ1) is 11.2. The Morgan fingerprint density at radius 1 is 1.17 bits per heavy atom. The van der Waals surface area contributed by atoms with Crippen LogP contribution in [0.3, 0.4) is 0 Å². The van der Waals surface area contributed by atoms with Gasteiger partial charge in [0.1, 0.15) is 5.75 Å². The van der Waals surface area contributed by atoms with Gasteiger partial charge in [0.2, 0.25) is 10.0 Å². The summed E-state index contributed by atoms with van der Waals surface area (Å²) in [6, 6.07) is 7.02. The smallest absolute Gasteiger partial charge is 0.257 e. The molecule has 0 aliphatic rings. The van der Waals surface area contributed by atoms with E-state index in [0.717, 1.165) is 18.5 Å². The third-order valence-corrected chi connectivity index (χ3v) is 4.63. The van der Waals surface area contributed by atoms with Crippen LogP contribution in [-0.4, -0.2) is 70.6 Å². The average molecular weight is 357 g/mol. The lowest BCUT2D eigenvalue weighted by atomic mass is 10.2. The standard InChI is InChI=1S/C16H27N3O4S/c1-18(2)11-5-10-17-16(20)13-23-15-8-6-14(7-9-15)12-19(3)24(4,21)22/h6-9H,5,10-13H2,1-4H3,(H,17,20). The summed E-state index contributed by atoms with van der Waals surface area (Å²) in [6.45, 7) is 1.80. The van der Waals surface area contributed by atoms with Crippen LogP contribution in [0.2, 0.25) is 0 Å². The molecule has 0 atom stereocenters. The number of rotatable bonds is 10. The van der Waals surface area contributed by atoms with Crippen LogP contribution in [0.15, 0.2) is 24.3 Å². The van der Waals surface area contributed by atoms with Gasteiger partial charge in [0.15, 0.2) is 6.61 Å². The first-order valence-corrected chi connectivity index (χ1v) is 9.58. The van der Waals surface area contributed by atoms with Crippen molar-refractivity contribution in [2.24, 2.45) is 0 Å². The summed E-state index contributed by atoms with van der Waals surface area (Å²) in [5, 5.41) is 2.80. The Hall–Kier alpha value is -1.64. The maximum absolute atomic E-state index is 11.7. The molecule has 0 spiro atoms. The van der Waals surface area contributed by atoms with Crippen molar-refractivity contribution < 1.29 is 17.9 Å². The second-order valence-electron chi connectivity index (χ2n) is 5.96. The fourth-order valence-electron chi connectivity index (χ4n) is 1.89. The molecule has 1 aromatic rings. The van der Waals surface area contributed by atoms with Gasteiger partial charge in [-0.3, -0.25) is 4.79 Å². The molecule has 0 fully saturated rings. The summed E-state index contributed by atoms with van der Waals surface area (Å²) < 4.78 is 29.4. The Morgan fingerprint density at radius 2 is 1.79 bits per heavy atom. The number of carbonyl (C=O) groups is 1. The number of nitrogens with zero attached hydrogens (tertiary/aromatic N) is 2. The SMILES string of the molecule is CN(C)CCCNC(=O)COc1ccc(CN(C)S(C)(=O)=O)cc1. The summed E-state index contributed by atoms with van der Waals surface area (Å²) in [7, 11) is 2.30. The van der Waals surface area contributed by atoms with Gasteiger partial charge in [0.25, 0.3) is 5.91 Å². The van der Waals surface area contributed by atoms with Crippen molar-refractivity contribution in [3.63, 3.8) is 0 Å². The Balaban J connectivity index is 2.35. The Labute approximate surface area is 144 Å². The molecule has 1 aromatic carbocycles. The fourth-order valence-corrected chi connectivity index (χ4v) is 2.27. The van der Waals surface area contributed by atoms with Gasteiger partial charge in [-0.1, -0.05) is 12.1 Å². The van der Waals surface area contributed by atoms with Crippen LogP contribution in [-0.2, 0) is 21.4 Å². The molecule has 0 saturated carbocycles. The molecular formula is C16H27N3O4S. The van der Waals surface area contributed by atoms with E-state index in [9.17, 15) is 13.2 Å². The normalized spacial score (nSPS) is 11.8. The van der Waals surface area contributed by atoms with Gasteiger partial charge in [-0.2, -0.15) is 0 Å². The van der Waals surface area contributed by atoms with Crippen LogP contribution in [0.5, 0.6) is 5.75 Å². The Morgan fingerprint density at radius 3 is 2.33 bits per heavy atom. The topological polar surface area (TPSA) is 79.0 Å². The molecule has 136 valence electrons. The molecule has 7 nitrogen and oxygen atoms in total. The summed E-state index contributed by atoms with van der Waals surface area (Å²) in [5.41, 5.74) is 0.850. The lowest BCUT2D eigenvalue weighted by Gasteiger charge is -2.14. The maximum Gasteiger partial charge on any atom is 0.257 e. The minimum Gasteiger partial charge on any atom is -0.484 e. The van der Waals surface area contributed by atoms with Crippen LogP contribution in [0, 0.1) is 0 Å². The number of amides is 1. The molecule has 0 saturated heterocycles. The van der Waals surface area contributed by atoms with E-state index in [1.165, 1.54) is 17.6 Å². The van der Waals surface area contributed by atoms with Crippen LogP contribution in [0.4, 0.5) is 0 Å². The van der Waals surface area contributed by atoms with Crippen molar-refractivity contribution in [2.75, 3.05) is 47.1 Å². The number of nitrogens with one attached hydrogen (secondary N) is 1. The highest BCUT2D eigenvalue weighted by Gasteiger charge is 2.11. The molecular weight excluding hydrogens is 330 g/mol. The Bertz CT molecular complexity index is 615. The second-order valence-corrected chi connectivity index (χ2v) is 8.05. The van der Waals surface area contributed by atoms with Gasteiger partial charge in [0, 0.05) is 20.1 Å². The zero-order valence-corrected chi connectivity index (χ0v) is 15.6. The van der Waals surface area contributed by atoms with Gasteiger partial charge in [-0.05, 0) is 44.8 Å². The average Bonchev–Trinajstić information content (AvgIpc) is 2.49. The monoisotopic (exact) mass is 357 g/mol. The second kappa shape index (κ2) is 9.61. The summed E-state index contributed by atoms with van der Waals surface area (Å²) in [4.78, 5) is 13.7. The number of sulfonamides is 1. The highest BCUT2D eigenvalue weighted by atomic mass is 32.2. The molecule has 0 aliphatic carbocycles. The van der Waals surface area contributed by atoms with Crippen LogP contribution < -0.4 is 10.1 Å². The van der Waals surface area contributed by atoms with E-state index in [0.29, 0.717) is 18.8 Å². The molecule has 0 aliphatic heterocycles. The van der Waals surface area contributed by atoms with E-state index in [1.807, 2.05) is 14.1 Å². The lowest BCUT2D eigenvalue weighted by molar-refractivity contribution is -0.123. The number of hydrogen-bond donors (Lipinski definition) is 1. The molecule has 1 N–H and O–H groups in total. The molecule has 0 heterocycles. The molecule has 1 amide bonds. The van der Waals surface area contributed by atoms with Crippen molar-refractivity contribution in [1.82, 2.24) is 14.5 Å². The number of ether oxygens (including phenoxy) is 1. The van der Waals surface area contributed by atoms with E-state index >= 15 is 0 Å². The predicted octanol–water partition coefficient (Wildman–Crippen LogP) is 0.525. The minimum atomic E-state index is -3.20. The van der Waals surface area contributed by atoms with Gasteiger partial charge in [-0.25, -0.2) is 12.7 Å². The Kier molecular flexibility index (Phi) is 8.17. The number of hydrogen-bond acceptors (Lipinski definition) is 5. The zero-order chi connectivity index (χ0) is 18.2. The van der Waals surface area contributed by atoms with Gasteiger partial charge >= 0.3 is 0 Å². The molecule has 8 heteroatoms. The van der Waals surface area contributed by atoms with Crippen molar-refractivity contribution in [2.45, 2.75) is 13.0 Å². The molecule has 0 aromatic heterocycles. The van der Waals surface area contributed by atoms with Gasteiger partial charge in [-0.15, -0.1) is 0 Å². The maximum atomic E-state index is 11.7. The first kappa shape index (κ1) is 20.4. The van der Waals surface area contributed by atoms with Crippen LogP contribution >= 0.6 is 0 Å². The van der Waals surface area contributed by atoms with Crippen molar-refractivity contribution in [3.05, 3.63) is 29.8 Å². The van der Waals surface area contributed by atoms with E-state index in [-0.39, 0.29) is 12.5 Å². The minimum absolute atomic E-state index is 0.0371.